The molecule has 0 amide bonds. The second kappa shape index (κ2) is 49.3. The van der Waals surface area contributed by atoms with E-state index in [0.29, 0.717) is 19.3 Å². The van der Waals surface area contributed by atoms with Gasteiger partial charge in [0, 0.05) is 26.2 Å². The van der Waals surface area contributed by atoms with Crippen LogP contribution in [0.1, 0.15) is 124 Å². The van der Waals surface area contributed by atoms with Crippen LogP contribution in [0.5, 0.6) is 0 Å². The van der Waals surface area contributed by atoms with E-state index in [1.807, 2.05) is 0 Å². The normalized spacial score (nSPS) is 9.30. The van der Waals surface area contributed by atoms with Crippen LogP contribution in [0.3, 0.4) is 0 Å². The monoisotopic (exact) mass is 634 g/mol. The number of carbonyl (C=O) groups is 4. The van der Waals surface area contributed by atoms with Crippen molar-refractivity contribution in [3.63, 3.8) is 0 Å². The van der Waals surface area contributed by atoms with Gasteiger partial charge < -0.3 is 51.1 Å². The number of carboxylic acids is 4. The number of carboxylic acid groups (broad SMARTS) is 4. The van der Waals surface area contributed by atoms with Crippen molar-refractivity contribution in [1.82, 2.24) is 0 Å². The minimum absolute atomic E-state index is 0.333. The Morgan fingerprint density at radius 1 is 0.442 bits per heavy atom. The summed E-state index contributed by atoms with van der Waals surface area (Å²) in [6.07, 6.45) is 11.8. The van der Waals surface area contributed by atoms with Crippen LogP contribution in [0.4, 0.5) is 0 Å². The van der Waals surface area contributed by atoms with Crippen LogP contribution in [-0.2, 0) is 19.2 Å². The molecule has 0 radical (unpaired) electrons. The highest BCUT2D eigenvalue weighted by atomic mass is 16.4. The van der Waals surface area contributed by atoms with Crippen molar-refractivity contribution in [1.29, 1.82) is 0 Å². The minimum Gasteiger partial charge on any atom is -0.481 e. The van der Waals surface area contributed by atoms with E-state index in [-0.39, 0.29) is 26.4 Å². The summed E-state index contributed by atoms with van der Waals surface area (Å²) in [5.74, 6) is -2.86. The third kappa shape index (κ3) is 100. The van der Waals surface area contributed by atoms with Gasteiger partial charge in [0.05, 0.1) is 26.4 Å². The Hall–Kier alpha value is -2.36. The molecular formula is C29H62O14. The Labute approximate surface area is 257 Å². The van der Waals surface area contributed by atoms with Crippen LogP contribution < -0.4 is 0 Å². The number of hydrogen-bond donors (Lipinski definition) is 10. The minimum atomic E-state index is -0.954. The third-order valence-electron chi connectivity index (χ3n) is 4.58. The van der Waals surface area contributed by atoms with Crippen molar-refractivity contribution in [3.8, 4) is 0 Å². The van der Waals surface area contributed by atoms with Crippen LogP contribution in [0.15, 0.2) is 0 Å². The van der Waals surface area contributed by atoms with Crippen molar-refractivity contribution >= 4 is 23.9 Å². The van der Waals surface area contributed by atoms with Gasteiger partial charge in [-0.3, -0.25) is 19.2 Å². The first-order valence-corrected chi connectivity index (χ1v) is 14.8. The number of aliphatic hydroxyl groups excluding tert-OH is 6. The summed E-state index contributed by atoms with van der Waals surface area (Å²) in [7, 11) is 0. The fraction of sp³-hybridized carbons (Fsp3) is 0.862. The predicted octanol–water partition coefficient (Wildman–Crippen LogP) is 2.88. The molecule has 10 N–H and O–H groups in total. The molecular weight excluding hydrogens is 572 g/mol. The van der Waals surface area contributed by atoms with E-state index in [4.69, 9.17) is 55.9 Å². The van der Waals surface area contributed by atoms with Gasteiger partial charge in [-0.25, -0.2) is 0 Å². The van der Waals surface area contributed by atoms with Gasteiger partial charge in [-0.2, -0.15) is 0 Å². The zero-order valence-corrected chi connectivity index (χ0v) is 26.7. The van der Waals surface area contributed by atoms with Crippen molar-refractivity contribution < 1.29 is 70.2 Å². The molecule has 0 bridgehead atoms. The van der Waals surface area contributed by atoms with E-state index in [1.165, 1.54) is 19.3 Å². The van der Waals surface area contributed by atoms with Crippen LogP contribution in [0.2, 0.25) is 0 Å². The molecule has 0 aliphatic carbocycles. The van der Waals surface area contributed by atoms with Crippen LogP contribution >= 0.6 is 0 Å². The Morgan fingerprint density at radius 2 is 0.628 bits per heavy atom. The second-order valence-corrected chi connectivity index (χ2v) is 9.17. The lowest BCUT2D eigenvalue weighted by Crippen LogP contribution is -2.15. The maximum atomic E-state index is 9.96. The van der Waals surface area contributed by atoms with Gasteiger partial charge in [0.2, 0.25) is 0 Å². The van der Waals surface area contributed by atoms with E-state index in [9.17, 15) is 14.4 Å². The summed E-state index contributed by atoms with van der Waals surface area (Å²) in [5, 5.41) is 80.1. The molecule has 43 heavy (non-hydrogen) atoms. The van der Waals surface area contributed by atoms with E-state index in [2.05, 4.69) is 20.8 Å². The molecule has 0 atom stereocenters. The topological polar surface area (TPSA) is 271 Å². The van der Waals surface area contributed by atoms with Gasteiger partial charge >= 0.3 is 17.9 Å². The third-order valence-corrected chi connectivity index (χ3v) is 4.58. The van der Waals surface area contributed by atoms with Crippen LogP contribution in [0, 0.1) is 0 Å². The lowest BCUT2D eigenvalue weighted by molar-refractivity contribution is -0.138. The van der Waals surface area contributed by atoms with Gasteiger partial charge in [-0.05, 0) is 19.3 Å². The maximum Gasteiger partial charge on any atom is 0.303 e. The molecule has 0 aromatic carbocycles. The van der Waals surface area contributed by atoms with Crippen molar-refractivity contribution in [3.05, 3.63) is 0 Å². The van der Waals surface area contributed by atoms with Crippen molar-refractivity contribution in [2.45, 2.75) is 136 Å². The Morgan fingerprint density at radius 3 is 0.721 bits per heavy atom. The van der Waals surface area contributed by atoms with Crippen LogP contribution in [0.25, 0.3) is 0 Å². The zero-order valence-electron chi connectivity index (χ0n) is 26.7. The quantitative estimate of drug-likeness (QED) is 0.0915. The molecule has 0 unspecified atom stereocenters. The average Bonchev–Trinajstić information content (AvgIpc) is 2.95. The number of aliphatic hydroxyl groups is 6. The van der Waals surface area contributed by atoms with Crippen LogP contribution in [-0.4, -0.2) is 114 Å². The fourth-order valence-corrected chi connectivity index (χ4v) is 2.22. The molecule has 0 heterocycles. The first-order valence-electron chi connectivity index (χ1n) is 14.8. The standard InChI is InChI=1S/3C7H14O2.2C3H8O3.C2H4O2/c3*1-2-3-4-5-6-7(8)9;2*4-1-3(6)2-5;1-2(3)4/h3*2-6H2,1H3,(H,8,9);2*3-6H,1-2H2;1H3,(H,3,4). The molecule has 0 saturated carbocycles. The SMILES string of the molecule is CC(=O)O.CCCCCCC(=O)O.CCCCCCC(=O)O.CCCCCCC(=O)O.OCC(O)CO.OCC(O)CO. The highest BCUT2D eigenvalue weighted by Crippen LogP contribution is 2.02. The first kappa shape index (κ1) is 53.2. The van der Waals surface area contributed by atoms with Crippen molar-refractivity contribution in [2.75, 3.05) is 26.4 Å². The largest absolute Gasteiger partial charge is 0.481 e. The van der Waals surface area contributed by atoms with Crippen molar-refractivity contribution in [2.24, 2.45) is 0 Å². The first-order chi connectivity index (χ1) is 20.2. The van der Waals surface area contributed by atoms with Gasteiger partial charge in [-0.15, -0.1) is 0 Å². The summed E-state index contributed by atoms with van der Waals surface area (Å²) in [4.78, 5) is 38.9. The summed E-state index contributed by atoms with van der Waals surface area (Å²) in [6.45, 7) is 5.96. The average molecular weight is 635 g/mol. The summed E-state index contributed by atoms with van der Waals surface area (Å²) >= 11 is 0. The Balaban J connectivity index is -0.0000000974. The lowest BCUT2D eigenvalue weighted by Gasteiger charge is -1.96. The van der Waals surface area contributed by atoms with Gasteiger partial charge in [0.25, 0.3) is 5.97 Å². The number of unbranched alkanes of at least 4 members (excludes halogenated alkanes) is 9. The molecule has 262 valence electrons. The fourth-order valence-electron chi connectivity index (χ4n) is 2.22. The molecule has 0 aliphatic rings. The zero-order chi connectivity index (χ0) is 34.9. The smallest absolute Gasteiger partial charge is 0.303 e. The lowest BCUT2D eigenvalue weighted by atomic mass is 10.2. The molecule has 14 heteroatoms. The Kier molecular flexibility index (Phi) is 61.0. The molecule has 14 nitrogen and oxygen atoms in total. The molecule has 0 spiro atoms. The highest BCUT2D eigenvalue weighted by molar-refractivity contribution is 5.67. The molecule has 0 fully saturated rings. The van der Waals surface area contributed by atoms with Gasteiger partial charge in [0.1, 0.15) is 12.2 Å². The van der Waals surface area contributed by atoms with E-state index >= 15 is 0 Å². The highest BCUT2D eigenvalue weighted by Gasteiger charge is 1.96. The maximum absolute atomic E-state index is 9.96. The molecule has 0 rings (SSSR count). The van der Waals surface area contributed by atoms with E-state index in [0.717, 1.165) is 64.7 Å². The summed E-state index contributed by atoms with van der Waals surface area (Å²) in [5.41, 5.74) is 0. The Bertz CT molecular complexity index is 499. The molecule has 0 aromatic heterocycles. The molecule has 0 aromatic rings. The number of rotatable bonds is 19. The molecule has 0 saturated heterocycles. The summed E-state index contributed by atoms with van der Waals surface area (Å²) in [6, 6.07) is 0. The number of aliphatic carboxylic acids is 4. The van der Waals surface area contributed by atoms with E-state index < -0.39 is 36.1 Å². The van der Waals surface area contributed by atoms with Gasteiger partial charge in [-0.1, -0.05) is 78.6 Å². The molecule has 0 aliphatic heterocycles. The van der Waals surface area contributed by atoms with Gasteiger partial charge in [0.15, 0.2) is 0 Å². The second-order valence-electron chi connectivity index (χ2n) is 9.17. The predicted molar refractivity (Wildman–Crippen MR) is 163 cm³/mol. The summed E-state index contributed by atoms with van der Waals surface area (Å²) < 4.78 is 0. The van der Waals surface area contributed by atoms with E-state index in [1.54, 1.807) is 0 Å². The number of hydrogen-bond acceptors (Lipinski definition) is 10.